The molecule has 0 aliphatic heterocycles. The van der Waals surface area contributed by atoms with Crippen LogP contribution in [0.25, 0.3) is 0 Å². The molecule has 136 valence electrons. The van der Waals surface area contributed by atoms with Crippen LogP contribution in [-0.2, 0) is 20.3 Å². The maximum Gasteiger partial charge on any atom is 0.340 e. The van der Waals surface area contributed by atoms with Gasteiger partial charge in [-0.3, -0.25) is 24.6 Å². The number of esters is 1. The Balaban J connectivity index is 1.94. The van der Waals surface area contributed by atoms with Crippen LogP contribution in [0.2, 0.25) is 0 Å². The molecule has 0 saturated carbocycles. The van der Waals surface area contributed by atoms with Crippen molar-refractivity contribution in [2.45, 2.75) is 17.9 Å². The van der Waals surface area contributed by atoms with Crippen LogP contribution in [0, 0.1) is 0 Å². The summed E-state index contributed by atoms with van der Waals surface area (Å²) in [6.45, 7) is 1.37. The van der Waals surface area contributed by atoms with Gasteiger partial charge < -0.3 is 4.74 Å². The van der Waals surface area contributed by atoms with Gasteiger partial charge in [-0.15, -0.1) is 0 Å². The Labute approximate surface area is 153 Å². The van der Waals surface area contributed by atoms with Crippen molar-refractivity contribution in [2.24, 2.45) is 0 Å². The number of nitrogens with one attached hydrogen (secondary N) is 2. The third-order valence-corrected chi connectivity index (χ3v) is 4.38. The van der Waals surface area contributed by atoms with E-state index in [0.717, 1.165) is 0 Å². The van der Waals surface area contributed by atoms with Gasteiger partial charge in [0.2, 0.25) is 0 Å². The van der Waals surface area contributed by atoms with E-state index in [-0.39, 0.29) is 5.56 Å². The fourth-order valence-electron chi connectivity index (χ4n) is 2.05. The Morgan fingerprint density at radius 1 is 0.962 bits per heavy atom. The zero-order valence-corrected chi connectivity index (χ0v) is 15.0. The first-order valence-electron chi connectivity index (χ1n) is 7.69. The van der Waals surface area contributed by atoms with E-state index < -0.39 is 34.7 Å². The van der Waals surface area contributed by atoms with E-state index in [4.69, 9.17) is 4.74 Å². The van der Waals surface area contributed by atoms with E-state index in [9.17, 15) is 18.6 Å². The number of hydrogen-bond acceptors (Lipinski definition) is 5. The zero-order valence-electron chi connectivity index (χ0n) is 14.2. The predicted octanol–water partition coefficient (Wildman–Crippen LogP) is 1.43. The first-order valence-corrected chi connectivity index (χ1v) is 9.24. The van der Waals surface area contributed by atoms with Crippen LogP contribution in [0.4, 0.5) is 0 Å². The maximum absolute atomic E-state index is 12.2. The van der Waals surface area contributed by atoms with Crippen molar-refractivity contribution < 1.29 is 23.3 Å². The molecule has 2 aromatic carbocycles. The van der Waals surface area contributed by atoms with Crippen LogP contribution in [0.15, 0.2) is 59.5 Å². The molecule has 26 heavy (non-hydrogen) atoms. The molecule has 0 aliphatic carbocycles. The van der Waals surface area contributed by atoms with E-state index in [0.29, 0.717) is 10.5 Å². The average Bonchev–Trinajstić information content (AvgIpc) is 2.66. The van der Waals surface area contributed by atoms with Crippen LogP contribution in [0.5, 0.6) is 0 Å². The van der Waals surface area contributed by atoms with Gasteiger partial charge in [0.25, 0.3) is 11.8 Å². The van der Waals surface area contributed by atoms with Gasteiger partial charge >= 0.3 is 5.97 Å². The fraction of sp³-hybridized carbons (Fsp3) is 0.167. The summed E-state index contributed by atoms with van der Waals surface area (Å²) in [4.78, 5) is 36.4. The number of amides is 2. The fourth-order valence-corrected chi connectivity index (χ4v) is 2.78. The highest BCUT2D eigenvalue weighted by molar-refractivity contribution is 7.84. The number of rotatable bonds is 5. The molecular formula is C18H18N2O5S. The Hall–Kier alpha value is -3.00. The predicted molar refractivity (Wildman–Crippen MR) is 95.7 cm³/mol. The van der Waals surface area contributed by atoms with Crippen molar-refractivity contribution in [1.29, 1.82) is 0 Å². The van der Waals surface area contributed by atoms with Crippen LogP contribution in [-0.4, -0.2) is 34.4 Å². The second kappa shape index (κ2) is 8.91. The summed E-state index contributed by atoms with van der Waals surface area (Å²) < 4.78 is 16.8. The highest BCUT2D eigenvalue weighted by Crippen LogP contribution is 2.14. The maximum atomic E-state index is 12.2. The zero-order chi connectivity index (χ0) is 19.1. The number of ether oxygens (including phenoxy) is 1. The van der Waals surface area contributed by atoms with Crippen molar-refractivity contribution in [3.63, 3.8) is 0 Å². The van der Waals surface area contributed by atoms with Gasteiger partial charge in [0.1, 0.15) is 0 Å². The minimum absolute atomic E-state index is 0.126. The third kappa shape index (κ3) is 5.00. The monoisotopic (exact) mass is 374 g/mol. The molecule has 0 aliphatic rings. The van der Waals surface area contributed by atoms with Crippen LogP contribution < -0.4 is 10.9 Å². The highest BCUT2D eigenvalue weighted by Gasteiger charge is 2.22. The lowest BCUT2D eigenvalue weighted by atomic mass is 10.2. The molecule has 0 bridgehead atoms. The average molecular weight is 374 g/mol. The third-order valence-electron chi connectivity index (χ3n) is 3.40. The number of carbonyl (C=O) groups excluding carboxylic acids is 3. The van der Waals surface area contributed by atoms with E-state index in [1.807, 2.05) is 0 Å². The Bertz CT molecular complexity index is 838. The standard InChI is InChI=1S/C18H18N2O5S/c1-12(16(21)19-20-17(22)13-8-4-3-5-9-13)25-18(23)14-10-6-7-11-15(14)26(2)24/h3-12H,1-2H3,(H,19,21)(H,20,22)/t12-,26+/m1/s1. The van der Waals surface area contributed by atoms with Gasteiger partial charge in [-0.05, 0) is 31.2 Å². The second-order valence-corrected chi connectivity index (χ2v) is 6.66. The quantitative estimate of drug-likeness (QED) is 0.609. The lowest BCUT2D eigenvalue weighted by Crippen LogP contribution is -2.46. The summed E-state index contributed by atoms with van der Waals surface area (Å²) in [5.41, 5.74) is 4.94. The molecular weight excluding hydrogens is 356 g/mol. The van der Waals surface area contributed by atoms with Crippen LogP contribution >= 0.6 is 0 Å². The van der Waals surface area contributed by atoms with Crippen molar-refractivity contribution in [3.05, 3.63) is 65.7 Å². The topological polar surface area (TPSA) is 102 Å². The molecule has 0 unspecified atom stereocenters. The molecule has 0 saturated heterocycles. The minimum Gasteiger partial charge on any atom is -0.449 e. The summed E-state index contributed by atoms with van der Waals surface area (Å²) in [5, 5.41) is 0. The normalized spacial score (nSPS) is 12.5. The van der Waals surface area contributed by atoms with E-state index in [2.05, 4.69) is 10.9 Å². The minimum atomic E-state index is -1.38. The largest absolute Gasteiger partial charge is 0.449 e. The Kier molecular flexibility index (Phi) is 6.62. The summed E-state index contributed by atoms with van der Waals surface area (Å²) >= 11 is 0. The number of hydrogen-bond donors (Lipinski definition) is 2. The number of hydrazine groups is 1. The van der Waals surface area contributed by atoms with Crippen molar-refractivity contribution in [3.8, 4) is 0 Å². The van der Waals surface area contributed by atoms with Gasteiger partial charge in [0.15, 0.2) is 6.10 Å². The van der Waals surface area contributed by atoms with E-state index in [1.165, 1.54) is 19.2 Å². The number of benzene rings is 2. The smallest absolute Gasteiger partial charge is 0.340 e. The van der Waals surface area contributed by atoms with Crippen molar-refractivity contribution >= 4 is 28.6 Å². The molecule has 2 N–H and O–H groups in total. The summed E-state index contributed by atoms with van der Waals surface area (Å²) in [5.74, 6) is -1.96. The molecule has 0 radical (unpaired) electrons. The molecule has 0 aromatic heterocycles. The molecule has 0 spiro atoms. The van der Waals surface area contributed by atoms with Crippen LogP contribution in [0.1, 0.15) is 27.6 Å². The molecule has 7 nitrogen and oxygen atoms in total. The van der Waals surface area contributed by atoms with Gasteiger partial charge in [-0.2, -0.15) is 0 Å². The van der Waals surface area contributed by atoms with Gasteiger partial charge in [0, 0.05) is 11.8 Å². The molecule has 0 heterocycles. The molecule has 2 rings (SSSR count). The summed E-state index contributed by atoms with van der Waals surface area (Å²) in [6, 6.07) is 14.6. The molecule has 8 heteroatoms. The molecule has 2 aromatic rings. The molecule has 0 fully saturated rings. The lowest BCUT2D eigenvalue weighted by Gasteiger charge is -2.15. The summed E-state index contributed by atoms with van der Waals surface area (Å²) in [7, 11) is -1.38. The number of carbonyl (C=O) groups is 3. The van der Waals surface area contributed by atoms with Crippen molar-refractivity contribution in [2.75, 3.05) is 6.26 Å². The van der Waals surface area contributed by atoms with E-state index >= 15 is 0 Å². The summed E-state index contributed by atoms with van der Waals surface area (Å²) in [6.07, 6.45) is 0.290. The lowest BCUT2D eigenvalue weighted by molar-refractivity contribution is -0.129. The van der Waals surface area contributed by atoms with E-state index in [1.54, 1.807) is 48.5 Å². The first-order chi connectivity index (χ1) is 12.4. The SMILES string of the molecule is C[C@@H](OC(=O)c1ccccc1[S@](C)=O)C(=O)NNC(=O)c1ccccc1. The highest BCUT2D eigenvalue weighted by atomic mass is 32.2. The van der Waals surface area contributed by atoms with Gasteiger partial charge in [0.05, 0.1) is 21.3 Å². The molecule has 2 amide bonds. The van der Waals surface area contributed by atoms with Gasteiger partial charge in [-0.1, -0.05) is 30.3 Å². The Morgan fingerprint density at radius 2 is 1.58 bits per heavy atom. The Morgan fingerprint density at radius 3 is 2.23 bits per heavy atom. The van der Waals surface area contributed by atoms with Gasteiger partial charge in [-0.25, -0.2) is 4.79 Å². The van der Waals surface area contributed by atoms with Crippen molar-refractivity contribution in [1.82, 2.24) is 10.9 Å². The first kappa shape index (κ1) is 19.3. The second-order valence-electron chi connectivity index (χ2n) is 5.31. The molecule has 2 atom stereocenters. The van der Waals surface area contributed by atoms with Crippen LogP contribution in [0.3, 0.4) is 0 Å².